The molecule has 25 heavy (non-hydrogen) atoms. The Kier molecular flexibility index (Phi) is 3.58. The summed E-state index contributed by atoms with van der Waals surface area (Å²) in [6.07, 6.45) is 1.49. The molecule has 0 spiro atoms. The van der Waals surface area contributed by atoms with E-state index in [4.69, 9.17) is 0 Å². The molecule has 4 rings (SSSR count). The van der Waals surface area contributed by atoms with Gasteiger partial charge in [0.2, 0.25) is 5.91 Å². The molecule has 1 amide bonds. The number of aromatic amines is 2. The van der Waals surface area contributed by atoms with Crippen LogP contribution in [0, 0.1) is 0 Å². The average Bonchev–Trinajstić information content (AvgIpc) is 3.22. The van der Waals surface area contributed by atoms with E-state index in [0.29, 0.717) is 16.9 Å². The van der Waals surface area contributed by atoms with Gasteiger partial charge in [0.1, 0.15) is 22.1 Å². The summed E-state index contributed by atoms with van der Waals surface area (Å²) >= 11 is 0. The molecule has 2 heterocycles. The highest BCUT2D eigenvalue weighted by Crippen LogP contribution is 2.17. The zero-order valence-electron chi connectivity index (χ0n) is 13.2. The van der Waals surface area contributed by atoms with E-state index in [1.165, 1.54) is 6.08 Å². The number of aromatic nitrogens is 6. The molecule has 0 saturated heterocycles. The van der Waals surface area contributed by atoms with Crippen molar-refractivity contribution in [2.75, 3.05) is 10.6 Å². The molecule has 0 bridgehead atoms. The molecule has 9 nitrogen and oxygen atoms in total. The van der Waals surface area contributed by atoms with Gasteiger partial charge in [0, 0.05) is 23.1 Å². The molecule has 0 unspecified atom stereocenters. The van der Waals surface area contributed by atoms with Gasteiger partial charge in [-0.2, -0.15) is 30.8 Å². The second-order valence-corrected chi connectivity index (χ2v) is 5.50. The Hall–Kier alpha value is -3.75. The maximum Gasteiger partial charge on any atom is 0.250 e. The third-order valence-corrected chi connectivity index (χ3v) is 3.59. The summed E-state index contributed by atoms with van der Waals surface area (Å²) in [5.74, 6) is -0.240. The van der Waals surface area contributed by atoms with Crippen molar-refractivity contribution in [3.63, 3.8) is 0 Å². The number of nitrogens with one attached hydrogen (secondary N) is 4. The third kappa shape index (κ3) is 3.15. The molecule has 0 aliphatic heterocycles. The molecule has 9 heteroatoms. The Morgan fingerprint density at radius 2 is 1.36 bits per heavy atom. The van der Waals surface area contributed by atoms with Gasteiger partial charge < -0.3 is 10.6 Å². The number of hydrogen-bond acceptors (Lipinski definition) is 6. The first-order chi connectivity index (χ1) is 12.2. The fourth-order valence-electron chi connectivity index (χ4n) is 2.47. The highest BCUT2D eigenvalue weighted by molar-refractivity contribution is 6.01. The minimum atomic E-state index is -0.240. The fourth-order valence-corrected chi connectivity index (χ4v) is 2.47. The number of nitrogens with zero attached hydrogens (tertiary/aromatic N) is 4. The van der Waals surface area contributed by atoms with Gasteiger partial charge in [-0.15, -0.1) is 0 Å². The van der Waals surface area contributed by atoms with E-state index in [9.17, 15) is 4.79 Å². The molecule has 0 saturated carbocycles. The van der Waals surface area contributed by atoms with Crippen LogP contribution in [0.2, 0.25) is 0 Å². The van der Waals surface area contributed by atoms with Crippen molar-refractivity contribution in [2.24, 2.45) is 0 Å². The van der Waals surface area contributed by atoms with Crippen molar-refractivity contribution in [2.45, 2.75) is 6.92 Å². The van der Waals surface area contributed by atoms with Gasteiger partial charge in [0.05, 0.1) is 0 Å². The normalized spacial score (nSPS) is 11.8. The van der Waals surface area contributed by atoms with Gasteiger partial charge in [0.25, 0.3) is 0 Å². The van der Waals surface area contributed by atoms with Crippen LogP contribution < -0.4 is 10.6 Å². The number of carbonyl (C=O) groups is 1. The monoisotopic (exact) mass is 334 g/mol. The van der Waals surface area contributed by atoms with Crippen LogP contribution in [0.15, 0.2) is 48.2 Å². The van der Waals surface area contributed by atoms with Crippen LogP contribution in [0.25, 0.3) is 22.1 Å². The van der Waals surface area contributed by atoms with E-state index in [-0.39, 0.29) is 5.91 Å². The second kappa shape index (κ2) is 6.04. The summed E-state index contributed by atoms with van der Waals surface area (Å²) in [4.78, 5) is 12.2. The zero-order chi connectivity index (χ0) is 17.2. The predicted octanol–water partition coefficient (Wildman–Crippen LogP) is 2.18. The van der Waals surface area contributed by atoms with E-state index in [1.54, 1.807) is 18.2 Å². The Labute approximate surface area is 141 Å². The number of hydrogen-bond donors (Lipinski definition) is 4. The first-order valence-electron chi connectivity index (χ1n) is 7.55. The Morgan fingerprint density at radius 3 is 1.96 bits per heavy atom. The topological polar surface area (TPSA) is 124 Å². The molecule has 4 aromatic rings. The van der Waals surface area contributed by atoms with Crippen molar-refractivity contribution in [1.29, 1.82) is 0 Å². The van der Waals surface area contributed by atoms with E-state index >= 15 is 0 Å². The highest BCUT2D eigenvalue weighted by Gasteiger charge is 2.04. The fraction of sp³-hybridized carbons (Fsp3) is 0.0625. The second-order valence-electron chi connectivity index (χ2n) is 5.50. The van der Waals surface area contributed by atoms with E-state index in [2.05, 4.69) is 41.5 Å². The van der Waals surface area contributed by atoms with Gasteiger partial charge >= 0.3 is 0 Å². The lowest BCUT2D eigenvalue weighted by molar-refractivity contribution is -0.111. The number of allylic oxidation sites excluding steroid dienone is 1. The van der Waals surface area contributed by atoms with Crippen molar-refractivity contribution < 1.29 is 4.79 Å². The smallest absolute Gasteiger partial charge is 0.250 e. The number of amides is 1. The van der Waals surface area contributed by atoms with Crippen LogP contribution in [0.1, 0.15) is 6.92 Å². The van der Waals surface area contributed by atoms with E-state index in [0.717, 1.165) is 22.2 Å². The lowest BCUT2D eigenvalue weighted by Gasteiger charge is -2.07. The van der Waals surface area contributed by atoms with Crippen molar-refractivity contribution in [1.82, 2.24) is 30.8 Å². The van der Waals surface area contributed by atoms with Crippen molar-refractivity contribution >= 4 is 39.3 Å². The van der Waals surface area contributed by atoms with Crippen LogP contribution in [0.4, 0.5) is 11.4 Å². The predicted molar refractivity (Wildman–Crippen MR) is 93.8 cm³/mol. The third-order valence-electron chi connectivity index (χ3n) is 3.59. The van der Waals surface area contributed by atoms with Crippen molar-refractivity contribution in [3.8, 4) is 0 Å². The first-order valence-corrected chi connectivity index (χ1v) is 7.55. The summed E-state index contributed by atoms with van der Waals surface area (Å²) < 4.78 is 0. The molecule has 0 radical (unpaired) electrons. The highest BCUT2D eigenvalue weighted by atomic mass is 16.1. The van der Waals surface area contributed by atoms with Crippen LogP contribution in [-0.2, 0) is 4.79 Å². The van der Waals surface area contributed by atoms with E-state index in [1.807, 2.05) is 25.1 Å². The molecule has 2 aromatic carbocycles. The van der Waals surface area contributed by atoms with Gasteiger partial charge in [-0.3, -0.25) is 4.79 Å². The van der Waals surface area contributed by atoms with Gasteiger partial charge in [-0.1, -0.05) is 0 Å². The van der Waals surface area contributed by atoms with Gasteiger partial charge in [-0.05, 0) is 43.3 Å². The SMILES string of the molecule is C/C(=C/C(=O)Nc1ccc2n[nH]nc2c1)Nc1ccc2n[nH]nc2c1. The van der Waals surface area contributed by atoms with Crippen LogP contribution in [-0.4, -0.2) is 36.7 Å². The van der Waals surface area contributed by atoms with Crippen molar-refractivity contribution in [3.05, 3.63) is 48.2 Å². The minimum absolute atomic E-state index is 0.240. The molecule has 0 aliphatic rings. The summed E-state index contributed by atoms with van der Waals surface area (Å²) in [6, 6.07) is 10.9. The number of rotatable bonds is 4. The summed E-state index contributed by atoms with van der Waals surface area (Å²) in [5, 5.41) is 27.1. The van der Waals surface area contributed by atoms with Crippen LogP contribution in [0.5, 0.6) is 0 Å². The molecule has 124 valence electrons. The largest absolute Gasteiger partial charge is 0.359 e. The standard InChI is InChI=1S/C16H14N8O/c1-9(17-10-2-4-12-14(7-10)21-23-19-12)6-16(25)18-11-3-5-13-15(8-11)22-24-20-13/h2-8,17H,1H3,(H,18,25)(H,19,21,23)(H,20,22,24)/b9-6-. The Bertz CT molecular complexity index is 1090. The van der Waals surface area contributed by atoms with E-state index < -0.39 is 0 Å². The number of H-pyrrole nitrogens is 2. The quantitative estimate of drug-likeness (QED) is 0.424. The van der Waals surface area contributed by atoms with Gasteiger partial charge in [0.15, 0.2) is 0 Å². The summed E-state index contributed by atoms with van der Waals surface area (Å²) in [6.45, 7) is 1.81. The lowest BCUT2D eigenvalue weighted by Crippen LogP contribution is -2.10. The lowest BCUT2D eigenvalue weighted by atomic mass is 10.2. The molecular weight excluding hydrogens is 320 g/mol. The van der Waals surface area contributed by atoms with Gasteiger partial charge in [-0.25, -0.2) is 0 Å². The average molecular weight is 334 g/mol. The maximum atomic E-state index is 12.2. The summed E-state index contributed by atoms with van der Waals surface area (Å²) in [7, 11) is 0. The number of fused-ring (bicyclic) bond motifs is 2. The van der Waals surface area contributed by atoms with Crippen LogP contribution >= 0.6 is 0 Å². The number of anilines is 2. The molecular formula is C16H14N8O. The minimum Gasteiger partial charge on any atom is -0.359 e. The number of benzene rings is 2. The van der Waals surface area contributed by atoms with Crippen LogP contribution in [0.3, 0.4) is 0 Å². The first kappa shape index (κ1) is 14.8. The molecule has 0 atom stereocenters. The molecule has 4 N–H and O–H groups in total. The maximum absolute atomic E-state index is 12.2. The molecule has 2 aromatic heterocycles. The molecule has 0 aliphatic carbocycles. The number of carbonyl (C=O) groups excluding carboxylic acids is 1. The Balaban J connectivity index is 1.45. The molecule has 0 fully saturated rings. The zero-order valence-corrected chi connectivity index (χ0v) is 13.2. The Morgan fingerprint density at radius 1 is 0.840 bits per heavy atom. The summed E-state index contributed by atoms with van der Waals surface area (Å²) in [5.41, 5.74) is 5.15.